The van der Waals surface area contributed by atoms with Crippen LogP contribution in [0.3, 0.4) is 0 Å². The maximum atomic E-state index is 11.4. The first-order chi connectivity index (χ1) is 6.72. The molecule has 0 aromatic heterocycles. The summed E-state index contributed by atoms with van der Waals surface area (Å²) in [6.45, 7) is 0. The van der Waals surface area contributed by atoms with E-state index >= 15 is 0 Å². The predicted octanol–water partition coefficient (Wildman–Crippen LogP) is 3.13. The van der Waals surface area contributed by atoms with Gasteiger partial charge in [0.05, 0.1) is 12.7 Å². The quantitative estimate of drug-likeness (QED) is 0.370. The van der Waals surface area contributed by atoms with Crippen LogP contribution in [0.25, 0.3) is 0 Å². The van der Waals surface area contributed by atoms with Crippen molar-refractivity contribution in [3.8, 4) is 0 Å². The van der Waals surface area contributed by atoms with Gasteiger partial charge in [0.15, 0.2) is 0 Å². The molecule has 4 heteroatoms. The first-order valence-corrected chi connectivity index (χ1v) is 6.79. The second-order valence-electron chi connectivity index (χ2n) is 2.66. The van der Waals surface area contributed by atoms with Gasteiger partial charge in [0.1, 0.15) is 0 Å². The Morgan fingerprint density at radius 2 is 2.29 bits per heavy atom. The topological polar surface area (TPSA) is 26.3 Å². The van der Waals surface area contributed by atoms with E-state index in [-0.39, 0.29) is 5.97 Å². The van der Waals surface area contributed by atoms with Crippen molar-refractivity contribution in [1.29, 1.82) is 0 Å². The lowest BCUT2D eigenvalue weighted by atomic mass is 10.1. The number of rotatable bonds is 3. The van der Waals surface area contributed by atoms with Crippen LogP contribution in [0.2, 0.25) is 0 Å². The van der Waals surface area contributed by atoms with Crippen molar-refractivity contribution in [3.05, 3.63) is 29.3 Å². The zero-order valence-electron chi connectivity index (χ0n) is 8.04. The molecule has 2 nitrogen and oxygen atoms in total. The summed E-state index contributed by atoms with van der Waals surface area (Å²) in [5.74, 6) is -0.263. The Kier molecular flexibility index (Phi) is 4.74. The number of halogens is 1. The van der Waals surface area contributed by atoms with E-state index in [4.69, 9.17) is 4.74 Å². The van der Waals surface area contributed by atoms with Crippen LogP contribution in [0.1, 0.15) is 15.9 Å². The molecule has 0 aliphatic heterocycles. The number of esters is 1. The number of methoxy groups -OCH3 is 1. The van der Waals surface area contributed by atoms with Crippen LogP contribution >= 0.6 is 34.4 Å². The van der Waals surface area contributed by atoms with Crippen LogP contribution < -0.4 is 0 Å². The Balaban J connectivity index is 3.14. The van der Waals surface area contributed by atoms with E-state index in [0.29, 0.717) is 5.56 Å². The minimum Gasteiger partial charge on any atom is -0.465 e. The molecule has 1 aromatic rings. The number of alkyl halides is 1. The largest absolute Gasteiger partial charge is 0.465 e. The Morgan fingerprint density at radius 3 is 2.79 bits per heavy atom. The van der Waals surface area contributed by atoms with Crippen LogP contribution in [0, 0.1) is 0 Å². The summed E-state index contributed by atoms with van der Waals surface area (Å²) in [7, 11) is 1.41. The summed E-state index contributed by atoms with van der Waals surface area (Å²) in [5.41, 5.74) is 1.80. The Morgan fingerprint density at radius 1 is 1.57 bits per heavy atom. The second kappa shape index (κ2) is 5.60. The van der Waals surface area contributed by atoms with E-state index < -0.39 is 0 Å². The van der Waals surface area contributed by atoms with Gasteiger partial charge in [0.2, 0.25) is 0 Å². The fourth-order valence-electron chi connectivity index (χ4n) is 1.11. The first kappa shape index (κ1) is 11.8. The van der Waals surface area contributed by atoms with E-state index in [1.165, 1.54) is 7.11 Å². The molecule has 76 valence electrons. The predicted molar refractivity (Wildman–Crippen MR) is 67.3 cm³/mol. The van der Waals surface area contributed by atoms with Crippen molar-refractivity contribution in [1.82, 2.24) is 0 Å². The third-order valence-electron chi connectivity index (χ3n) is 1.82. The number of benzene rings is 1. The van der Waals surface area contributed by atoms with Gasteiger partial charge in [-0.2, -0.15) is 0 Å². The zero-order valence-corrected chi connectivity index (χ0v) is 11.0. The standard InChI is InChI=1S/C10H11IO2S/c1-13-10(12)8-5-7(6-11)3-4-9(8)14-2/h3-5H,6H2,1-2H3. The van der Waals surface area contributed by atoms with Crippen molar-refractivity contribution in [3.63, 3.8) is 0 Å². The second-order valence-corrected chi connectivity index (χ2v) is 4.27. The normalized spacial score (nSPS) is 9.93. The smallest absolute Gasteiger partial charge is 0.339 e. The number of carbonyl (C=O) groups is 1. The highest BCUT2D eigenvalue weighted by Gasteiger charge is 2.11. The molecule has 0 heterocycles. The van der Waals surface area contributed by atoms with Gasteiger partial charge in [-0.05, 0) is 24.0 Å². The molecule has 0 amide bonds. The molecule has 0 fully saturated rings. The van der Waals surface area contributed by atoms with Gasteiger partial charge in [-0.1, -0.05) is 28.7 Å². The summed E-state index contributed by atoms with van der Waals surface area (Å²) in [6, 6.07) is 5.89. The molecule has 0 aliphatic rings. The molecule has 0 saturated carbocycles. The zero-order chi connectivity index (χ0) is 10.6. The highest BCUT2D eigenvalue weighted by atomic mass is 127. The first-order valence-electron chi connectivity index (χ1n) is 4.04. The molecule has 0 N–H and O–H groups in total. The van der Waals surface area contributed by atoms with Crippen LogP contribution in [-0.4, -0.2) is 19.3 Å². The van der Waals surface area contributed by atoms with Crippen molar-refractivity contribution < 1.29 is 9.53 Å². The molecule has 0 saturated heterocycles. The monoisotopic (exact) mass is 322 g/mol. The van der Waals surface area contributed by atoms with Crippen LogP contribution in [0.15, 0.2) is 23.1 Å². The van der Waals surface area contributed by atoms with Gasteiger partial charge >= 0.3 is 5.97 Å². The highest BCUT2D eigenvalue weighted by molar-refractivity contribution is 14.1. The fraction of sp³-hybridized carbons (Fsp3) is 0.300. The van der Waals surface area contributed by atoms with Crippen molar-refractivity contribution in [2.24, 2.45) is 0 Å². The van der Waals surface area contributed by atoms with Gasteiger partial charge in [0, 0.05) is 9.32 Å². The lowest BCUT2D eigenvalue weighted by Crippen LogP contribution is -2.03. The van der Waals surface area contributed by atoms with Crippen LogP contribution in [0.5, 0.6) is 0 Å². The molecule has 14 heavy (non-hydrogen) atoms. The van der Waals surface area contributed by atoms with E-state index in [9.17, 15) is 4.79 Å². The number of hydrogen-bond donors (Lipinski definition) is 0. The molecular formula is C10H11IO2S. The van der Waals surface area contributed by atoms with E-state index in [1.54, 1.807) is 11.8 Å². The van der Waals surface area contributed by atoms with Gasteiger partial charge < -0.3 is 4.74 Å². The van der Waals surface area contributed by atoms with Crippen molar-refractivity contribution in [2.45, 2.75) is 9.32 Å². The maximum absolute atomic E-state index is 11.4. The fourth-order valence-corrected chi connectivity index (χ4v) is 2.15. The highest BCUT2D eigenvalue weighted by Crippen LogP contribution is 2.23. The molecule has 0 radical (unpaired) electrons. The molecular weight excluding hydrogens is 311 g/mol. The summed E-state index contributed by atoms with van der Waals surface area (Å²) < 4.78 is 5.62. The Labute approximate surface area is 102 Å². The molecule has 0 atom stereocenters. The third-order valence-corrected chi connectivity index (χ3v) is 3.50. The number of ether oxygens (including phenoxy) is 1. The number of thioether (sulfide) groups is 1. The van der Waals surface area contributed by atoms with Gasteiger partial charge in [0.25, 0.3) is 0 Å². The Bertz CT molecular complexity index is 339. The molecule has 0 spiro atoms. The lowest BCUT2D eigenvalue weighted by molar-refractivity contribution is 0.0596. The SMILES string of the molecule is COC(=O)c1cc(CI)ccc1SC. The average molecular weight is 322 g/mol. The molecule has 0 bridgehead atoms. The van der Waals surface area contributed by atoms with Gasteiger partial charge in [-0.15, -0.1) is 11.8 Å². The summed E-state index contributed by atoms with van der Waals surface area (Å²) in [6.07, 6.45) is 1.95. The summed E-state index contributed by atoms with van der Waals surface area (Å²) in [4.78, 5) is 12.4. The molecule has 0 aliphatic carbocycles. The van der Waals surface area contributed by atoms with Gasteiger partial charge in [-0.3, -0.25) is 0 Å². The van der Waals surface area contributed by atoms with Crippen LogP contribution in [0.4, 0.5) is 0 Å². The lowest BCUT2D eigenvalue weighted by Gasteiger charge is -2.06. The third kappa shape index (κ3) is 2.63. The maximum Gasteiger partial charge on any atom is 0.339 e. The Hall–Kier alpha value is -0.230. The minimum atomic E-state index is -0.263. The molecule has 1 aromatic carbocycles. The number of hydrogen-bond acceptors (Lipinski definition) is 3. The van der Waals surface area contributed by atoms with E-state index in [1.807, 2.05) is 24.5 Å². The van der Waals surface area contributed by atoms with Gasteiger partial charge in [-0.25, -0.2) is 4.79 Å². The molecule has 1 rings (SSSR count). The summed E-state index contributed by atoms with van der Waals surface area (Å²) >= 11 is 3.83. The molecule has 0 unspecified atom stereocenters. The van der Waals surface area contributed by atoms with Crippen molar-refractivity contribution in [2.75, 3.05) is 13.4 Å². The average Bonchev–Trinajstić information content (AvgIpc) is 2.27. The van der Waals surface area contributed by atoms with Crippen LogP contribution in [-0.2, 0) is 9.16 Å². The number of carbonyl (C=O) groups excluding carboxylic acids is 1. The summed E-state index contributed by atoms with van der Waals surface area (Å²) in [5, 5.41) is 0. The minimum absolute atomic E-state index is 0.263. The van der Waals surface area contributed by atoms with E-state index in [0.717, 1.165) is 14.9 Å². The van der Waals surface area contributed by atoms with Crippen molar-refractivity contribution >= 4 is 40.3 Å². The van der Waals surface area contributed by atoms with E-state index in [2.05, 4.69) is 22.6 Å².